The second-order valence-corrected chi connectivity index (χ2v) is 8.90. The van der Waals surface area contributed by atoms with E-state index in [0.717, 1.165) is 21.9 Å². The zero-order valence-electron chi connectivity index (χ0n) is 16.1. The minimum atomic E-state index is 0.142. The second-order valence-electron chi connectivity index (χ2n) is 7.81. The van der Waals surface area contributed by atoms with Crippen LogP contribution in [0.1, 0.15) is 31.9 Å². The molecule has 4 heteroatoms. The van der Waals surface area contributed by atoms with Crippen LogP contribution in [0, 0.1) is 6.92 Å². The predicted molar refractivity (Wildman–Crippen MR) is 112 cm³/mol. The van der Waals surface area contributed by atoms with Gasteiger partial charge < -0.3 is 0 Å². The molecule has 0 amide bonds. The maximum Gasteiger partial charge on any atom is 0.164 e. The summed E-state index contributed by atoms with van der Waals surface area (Å²) in [5, 5.41) is 1.06. The van der Waals surface area contributed by atoms with Gasteiger partial charge in [0, 0.05) is 22.9 Å². The number of hydrogen-bond acceptors (Lipinski definition) is 3. The maximum atomic E-state index is 4.75. The van der Waals surface area contributed by atoms with Crippen LogP contribution in [0.25, 0.3) is 16.9 Å². The number of rotatable bonds is 3. The van der Waals surface area contributed by atoms with E-state index in [2.05, 4.69) is 85.6 Å². The minimum absolute atomic E-state index is 0.142. The standard InChI is InChI=1S/C23H23N3S/c1-16-5-11-19(12-6-16)27-20-15-25-21(22-24-13-14-26(20)22)17-7-9-18(10-8-17)23(2,3)4/h5-15H,1-4H3. The molecule has 4 rings (SSSR count). The van der Waals surface area contributed by atoms with Crippen molar-refractivity contribution in [3.63, 3.8) is 0 Å². The Morgan fingerprint density at radius 2 is 1.59 bits per heavy atom. The molecule has 27 heavy (non-hydrogen) atoms. The fourth-order valence-corrected chi connectivity index (χ4v) is 3.90. The van der Waals surface area contributed by atoms with Crippen LogP contribution >= 0.6 is 11.8 Å². The molecule has 0 spiro atoms. The fourth-order valence-electron chi connectivity index (χ4n) is 3.03. The molecule has 0 saturated carbocycles. The van der Waals surface area contributed by atoms with Crippen molar-refractivity contribution in [2.45, 2.75) is 43.0 Å². The molecule has 0 bridgehead atoms. The lowest BCUT2D eigenvalue weighted by molar-refractivity contribution is 0.590. The quantitative estimate of drug-likeness (QED) is 0.431. The van der Waals surface area contributed by atoms with E-state index >= 15 is 0 Å². The van der Waals surface area contributed by atoms with Crippen molar-refractivity contribution in [2.24, 2.45) is 0 Å². The van der Waals surface area contributed by atoms with E-state index < -0.39 is 0 Å². The lowest BCUT2D eigenvalue weighted by Gasteiger charge is -2.19. The number of aromatic nitrogens is 3. The molecule has 0 unspecified atom stereocenters. The topological polar surface area (TPSA) is 30.2 Å². The Balaban J connectivity index is 1.72. The monoisotopic (exact) mass is 373 g/mol. The van der Waals surface area contributed by atoms with Crippen LogP contribution in [0.4, 0.5) is 0 Å². The number of benzene rings is 2. The third-order valence-corrected chi connectivity index (χ3v) is 5.68. The van der Waals surface area contributed by atoms with E-state index in [0.29, 0.717) is 0 Å². The molecule has 2 heterocycles. The van der Waals surface area contributed by atoms with Gasteiger partial charge in [0.25, 0.3) is 0 Å². The van der Waals surface area contributed by atoms with E-state index in [1.807, 2.05) is 18.6 Å². The van der Waals surface area contributed by atoms with Crippen molar-refractivity contribution in [3.05, 3.63) is 78.2 Å². The minimum Gasteiger partial charge on any atom is -0.291 e. The number of nitrogens with zero attached hydrogens (tertiary/aromatic N) is 3. The first-order valence-electron chi connectivity index (χ1n) is 9.09. The van der Waals surface area contributed by atoms with Crippen LogP contribution in [-0.4, -0.2) is 14.4 Å². The highest BCUT2D eigenvalue weighted by Crippen LogP contribution is 2.32. The molecule has 3 nitrogen and oxygen atoms in total. The van der Waals surface area contributed by atoms with E-state index in [1.54, 1.807) is 11.8 Å². The van der Waals surface area contributed by atoms with Crippen molar-refractivity contribution in [3.8, 4) is 11.3 Å². The third kappa shape index (κ3) is 3.62. The van der Waals surface area contributed by atoms with Crippen LogP contribution < -0.4 is 0 Å². The Kier molecular flexibility index (Phi) is 4.52. The fraction of sp³-hybridized carbons (Fsp3) is 0.217. The van der Waals surface area contributed by atoms with Gasteiger partial charge in [-0.1, -0.05) is 74.5 Å². The SMILES string of the molecule is Cc1ccc(Sc2cnc(-c3ccc(C(C)(C)C)cc3)c3nccn23)cc1. The first-order valence-corrected chi connectivity index (χ1v) is 9.91. The molecule has 136 valence electrons. The molecule has 0 aliphatic carbocycles. The average molecular weight is 374 g/mol. The smallest absolute Gasteiger partial charge is 0.164 e. The van der Waals surface area contributed by atoms with Gasteiger partial charge in [-0.05, 0) is 30.0 Å². The van der Waals surface area contributed by atoms with Gasteiger partial charge in [0.2, 0.25) is 0 Å². The highest BCUT2D eigenvalue weighted by Gasteiger charge is 2.15. The second kappa shape index (κ2) is 6.86. The summed E-state index contributed by atoms with van der Waals surface area (Å²) in [6, 6.07) is 17.2. The Hall–Kier alpha value is -2.59. The van der Waals surface area contributed by atoms with Gasteiger partial charge in [0.05, 0.1) is 6.20 Å². The highest BCUT2D eigenvalue weighted by molar-refractivity contribution is 7.99. The van der Waals surface area contributed by atoms with Crippen LogP contribution in [0.2, 0.25) is 0 Å². The van der Waals surface area contributed by atoms with E-state index in [9.17, 15) is 0 Å². The van der Waals surface area contributed by atoms with Gasteiger partial charge in [0.1, 0.15) is 10.7 Å². The Labute approximate surface area is 164 Å². The van der Waals surface area contributed by atoms with Crippen LogP contribution in [0.3, 0.4) is 0 Å². The zero-order chi connectivity index (χ0) is 19.0. The normalized spacial score (nSPS) is 11.9. The largest absolute Gasteiger partial charge is 0.291 e. The lowest BCUT2D eigenvalue weighted by atomic mass is 9.86. The Bertz CT molecular complexity index is 1070. The van der Waals surface area contributed by atoms with Crippen molar-refractivity contribution in [1.29, 1.82) is 0 Å². The maximum absolute atomic E-state index is 4.75. The molecule has 4 aromatic rings. The molecular formula is C23H23N3S. The van der Waals surface area contributed by atoms with Crippen molar-refractivity contribution < 1.29 is 0 Å². The first kappa shape index (κ1) is 17.8. The summed E-state index contributed by atoms with van der Waals surface area (Å²) in [6.07, 6.45) is 5.77. The summed E-state index contributed by atoms with van der Waals surface area (Å²) in [5.74, 6) is 0. The number of imidazole rings is 1. The molecule has 0 aliphatic rings. The molecule has 0 fully saturated rings. The molecule has 0 radical (unpaired) electrons. The predicted octanol–water partition coefficient (Wildman–Crippen LogP) is 6.15. The molecule has 2 aromatic heterocycles. The van der Waals surface area contributed by atoms with Crippen LogP contribution in [0.5, 0.6) is 0 Å². The molecule has 0 aliphatic heterocycles. The summed E-state index contributed by atoms with van der Waals surface area (Å²) in [5.41, 5.74) is 5.61. The number of hydrogen-bond donors (Lipinski definition) is 0. The van der Waals surface area contributed by atoms with Crippen molar-refractivity contribution in [1.82, 2.24) is 14.4 Å². The molecular weight excluding hydrogens is 350 g/mol. The summed E-state index contributed by atoms with van der Waals surface area (Å²) in [6.45, 7) is 8.78. The average Bonchev–Trinajstić information content (AvgIpc) is 3.13. The third-order valence-electron chi connectivity index (χ3n) is 4.66. The highest BCUT2D eigenvalue weighted by atomic mass is 32.2. The van der Waals surface area contributed by atoms with E-state index in [-0.39, 0.29) is 5.41 Å². The van der Waals surface area contributed by atoms with Gasteiger partial charge in [-0.15, -0.1) is 0 Å². The lowest BCUT2D eigenvalue weighted by Crippen LogP contribution is -2.10. The van der Waals surface area contributed by atoms with Crippen molar-refractivity contribution >= 4 is 17.4 Å². The summed E-state index contributed by atoms with van der Waals surface area (Å²) >= 11 is 1.70. The van der Waals surface area contributed by atoms with Crippen LogP contribution in [0.15, 0.2) is 77.0 Å². The summed E-state index contributed by atoms with van der Waals surface area (Å²) in [7, 11) is 0. The van der Waals surface area contributed by atoms with Gasteiger partial charge in [-0.3, -0.25) is 4.40 Å². The molecule has 0 saturated heterocycles. The van der Waals surface area contributed by atoms with Gasteiger partial charge in [-0.25, -0.2) is 9.97 Å². The Morgan fingerprint density at radius 3 is 2.26 bits per heavy atom. The van der Waals surface area contributed by atoms with Crippen LogP contribution in [-0.2, 0) is 5.41 Å². The summed E-state index contributed by atoms with van der Waals surface area (Å²) < 4.78 is 2.12. The van der Waals surface area contributed by atoms with Crippen molar-refractivity contribution in [2.75, 3.05) is 0 Å². The number of aryl methyl sites for hydroxylation is 1. The first-order chi connectivity index (χ1) is 12.9. The summed E-state index contributed by atoms with van der Waals surface area (Å²) in [4.78, 5) is 10.5. The number of fused-ring (bicyclic) bond motifs is 1. The van der Waals surface area contributed by atoms with E-state index in [4.69, 9.17) is 4.98 Å². The molecule has 0 N–H and O–H groups in total. The molecule has 2 aromatic carbocycles. The van der Waals surface area contributed by atoms with Gasteiger partial charge in [-0.2, -0.15) is 0 Å². The van der Waals surface area contributed by atoms with Gasteiger partial charge >= 0.3 is 0 Å². The Morgan fingerprint density at radius 1 is 0.889 bits per heavy atom. The van der Waals surface area contributed by atoms with Gasteiger partial charge in [0.15, 0.2) is 5.65 Å². The molecule has 0 atom stereocenters. The zero-order valence-corrected chi connectivity index (χ0v) is 16.9. The van der Waals surface area contributed by atoms with E-state index in [1.165, 1.54) is 16.0 Å².